The van der Waals surface area contributed by atoms with E-state index >= 15 is 4.39 Å². The van der Waals surface area contributed by atoms with Crippen LogP contribution in [0.3, 0.4) is 0 Å². The van der Waals surface area contributed by atoms with Crippen LogP contribution in [-0.2, 0) is 32.6 Å². The predicted octanol–water partition coefficient (Wildman–Crippen LogP) is 6.26. The number of carbonyl (C=O) groups excluding carboxylic acids is 2. The minimum absolute atomic E-state index is 0.0266. The second-order valence-corrected chi connectivity index (χ2v) is 13.2. The third-order valence-corrected chi connectivity index (χ3v) is 9.40. The molecule has 0 aromatic heterocycles. The molecule has 7 nitrogen and oxygen atoms in total. The minimum Gasteiger partial charge on any atom is -0.354 e. The lowest BCUT2D eigenvalue weighted by atomic mass is 10.0. The van der Waals surface area contributed by atoms with Crippen molar-refractivity contribution in [2.75, 3.05) is 17.4 Å². The van der Waals surface area contributed by atoms with Gasteiger partial charge in [-0.15, -0.1) is 0 Å². The van der Waals surface area contributed by atoms with E-state index in [0.29, 0.717) is 13.0 Å². The minimum atomic E-state index is -4.38. The number of aryl methyl sites for hydroxylation is 1. The molecule has 4 aromatic rings. The molecule has 0 aliphatic rings. The van der Waals surface area contributed by atoms with Crippen LogP contribution in [0.2, 0.25) is 0 Å². The highest BCUT2D eigenvalue weighted by Gasteiger charge is 2.35. The molecular formula is C34H35BrFN3O4S. The third kappa shape index (κ3) is 8.33. The first-order valence-corrected chi connectivity index (χ1v) is 16.5. The van der Waals surface area contributed by atoms with Gasteiger partial charge in [0.2, 0.25) is 11.8 Å². The smallest absolute Gasteiger partial charge is 0.264 e. The first-order chi connectivity index (χ1) is 21.1. The molecule has 0 spiro atoms. The van der Waals surface area contributed by atoms with Gasteiger partial charge in [-0.3, -0.25) is 13.9 Å². The van der Waals surface area contributed by atoms with Crippen molar-refractivity contribution >= 4 is 43.5 Å². The summed E-state index contributed by atoms with van der Waals surface area (Å²) in [5, 5.41) is 2.91. The predicted molar refractivity (Wildman–Crippen MR) is 174 cm³/mol. The number of carbonyl (C=O) groups is 2. The summed E-state index contributed by atoms with van der Waals surface area (Å²) in [6.07, 6.45) is 0.892. The Morgan fingerprint density at radius 3 is 2.14 bits per heavy atom. The van der Waals surface area contributed by atoms with Crippen LogP contribution in [0.1, 0.15) is 30.0 Å². The molecule has 0 aliphatic carbocycles. The maximum absolute atomic E-state index is 15.2. The van der Waals surface area contributed by atoms with E-state index in [2.05, 4.69) is 21.2 Å². The normalized spacial score (nSPS) is 11.9. The van der Waals surface area contributed by atoms with Crippen LogP contribution in [-0.4, -0.2) is 44.3 Å². The lowest BCUT2D eigenvalue weighted by Crippen LogP contribution is -2.53. The van der Waals surface area contributed by atoms with Crippen LogP contribution < -0.4 is 9.62 Å². The van der Waals surface area contributed by atoms with Crippen molar-refractivity contribution in [1.29, 1.82) is 0 Å². The summed E-state index contributed by atoms with van der Waals surface area (Å²) < 4.78 is 44.8. The number of halogens is 2. The zero-order chi connectivity index (χ0) is 31.7. The molecule has 4 aromatic carbocycles. The molecule has 0 saturated carbocycles. The number of hydrogen-bond acceptors (Lipinski definition) is 4. The van der Waals surface area contributed by atoms with Crippen molar-refractivity contribution in [3.63, 3.8) is 0 Å². The molecule has 1 atom stereocenters. The molecule has 0 fully saturated rings. The van der Waals surface area contributed by atoms with E-state index in [1.54, 1.807) is 12.1 Å². The lowest BCUT2D eigenvalue weighted by Gasteiger charge is -2.34. The average Bonchev–Trinajstić information content (AvgIpc) is 3.02. The zero-order valence-electron chi connectivity index (χ0n) is 24.6. The fraction of sp³-hybridized carbons (Fsp3) is 0.235. The highest BCUT2D eigenvalue weighted by atomic mass is 79.9. The molecule has 44 heavy (non-hydrogen) atoms. The van der Waals surface area contributed by atoms with Gasteiger partial charge >= 0.3 is 0 Å². The van der Waals surface area contributed by atoms with Crippen molar-refractivity contribution < 1.29 is 22.4 Å². The standard InChI is InChI=1S/C34H35BrFN3O4S/c1-3-21-37-34(41)32(22-26-9-5-4-6-10-26)38(23-27-15-17-28(35)18-16-27)33(40)24-39(31-12-8-7-11-30(31)36)44(42,43)29-19-13-25(2)14-20-29/h4-20,32H,3,21-24H2,1-2H3,(H,37,41)/t32-/m0/s1. The molecular weight excluding hydrogens is 645 g/mol. The van der Waals surface area contributed by atoms with Crippen molar-refractivity contribution in [3.8, 4) is 0 Å². The van der Waals surface area contributed by atoms with Gasteiger partial charge in [-0.25, -0.2) is 12.8 Å². The van der Waals surface area contributed by atoms with Gasteiger partial charge in [0.15, 0.2) is 0 Å². The second-order valence-electron chi connectivity index (χ2n) is 10.4. The van der Waals surface area contributed by atoms with Crippen LogP contribution in [0, 0.1) is 12.7 Å². The summed E-state index contributed by atoms with van der Waals surface area (Å²) in [4.78, 5) is 29.3. The van der Waals surface area contributed by atoms with E-state index in [1.807, 2.05) is 68.4 Å². The van der Waals surface area contributed by atoms with Crippen molar-refractivity contribution in [2.45, 2.75) is 44.2 Å². The Kier molecular flexibility index (Phi) is 11.3. The quantitative estimate of drug-likeness (QED) is 0.181. The molecule has 2 amide bonds. The summed E-state index contributed by atoms with van der Waals surface area (Å²) >= 11 is 3.43. The molecule has 4 rings (SSSR count). The van der Waals surface area contributed by atoms with Gasteiger partial charge in [-0.05, 0) is 60.9 Å². The molecule has 0 saturated heterocycles. The molecule has 0 aliphatic heterocycles. The summed E-state index contributed by atoms with van der Waals surface area (Å²) in [7, 11) is -4.38. The molecule has 0 unspecified atom stereocenters. The number of amides is 2. The fourth-order valence-electron chi connectivity index (χ4n) is 4.71. The highest BCUT2D eigenvalue weighted by molar-refractivity contribution is 9.10. The van der Waals surface area contributed by atoms with Crippen molar-refractivity contribution in [1.82, 2.24) is 10.2 Å². The molecule has 0 heterocycles. The number of rotatable bonds is 13. The summed E-state index contributed by atoms with van der Waals surface area (Å²) in [5.74, 6) is -1.81. The Balaban J connectivity index is 1.80. The Hall–Kier alpha value is -4.02. The topological polar surface area (TPSA) is 86.8 Å². The van der Waals surface area contributed by atoms with E-state index in [-0.39, 0.29) is 29.5 Å². The maximum Gasteiger partial charge on any atom is 0.264 e. The number of para-hydroxylation sites is 1. The van der Waals surface area contributed by atoms with E-state index in [1.165, 1.54) is 35.2 Å². The van der Waals surface area contributed by atoms with Gasteiger partial charge in [-0.2, -0.15) is 0 Å². The number of hydrogen-bond donors (Lipinski definition) is 1. The number of anilines is 1. The number of sulfonamides is 1. The van der Waals surface area contributed by atoms with E-state index in [0.717, 1.165) is 31.5 Å². The second kappa shape index (κ2) is 15.1. The summed E-state index contributed by atoms with van der Waals surface area (Å²) in [5.41, 5.74) is 2.15. The van der Waals surface area contributed by atoms with Crippen LogP contribution in [0.4, 0.5) is 10.1 Å². The molecule has 0 radical (unpaired) electrons. The highest BCUT2D eigenvalue weighted by Crippen LogP contribution is 2.27. The Bertz CT molecular complexity index is 1670. The van der Waals surface area contributed by atoms with E-state index in [4.69, 9.17) is 0 Å². The molecule has 1 N–H and O–H groups in total. The molecule has 0 bridgehead atoms. The van der Waals surface area contributed by atoms with E-state index in [9.17, 15) is 18.0 Å². The van der Waals surface area contributed by atoms with Gasteiger partial charge in [0, 0.05) is 24.0 Å². The maximum atomic E-state index is 15.2. The molecule has 230 valence electrons. The van der Waals surface area contributed by atoms with Gasteiger partial charge < -0.3 is 10.2 Å². The third-order valence-electron chi connectivity index (χ3n) is 7.10. The first-order valence-electron chi connectivity index (χ1n) is 14.3. The lowest BCUT2D eigenvalue weighted by molar-refractivity contribution is -0.140. The van der Waals surface area contributed by atoms with Gasteiger partial charge in [0.25, 0.3) is 10.0 Å². The first kappa shape index (κ1) is 32.9. The molecule has 10 heteroatoms. The largest absolute Gasteiger partial charge is 0.354 e. The summed E-state index contributed by atoms with van der Waals surface area (Å²) in [6, 6.07) is 27.2. The van der Waals surface area contributed by atoms with Crippen molar-refractivity contribution in [2.24, 2.45) is 0 Å². The average molecular weight is 681 g/mol. The number of nitrogens with zero attached hydrogens (tertiary/aromatic N) is 2. The van der Waals surface area contributed by atoms with Gasteiger partial charge in [0.05, 0.1) is 10.6 Å². The van der Waals surface area contributed by atoms with Gasteiger partial charge in [0.1, 0.15) is 18.4 Å². The Labute approximate surface area is 266 Å². The number of nitrogens with one attached hydrogen (secondary N) is 1. The van der Waals surface area contributed by atoms with Crippen LogP contribution in [0.15, 0.2) is 112 Å². The van der Waals surface area contributed by atoms with Gasteiger partial charge in [-0.1, -0.05) is 95.1 Å². The van der Waals surface area contributed by atoms with Crippen molar-refractivity contribution in [3.05, 3.63) is 130 Å². The van der Waals surface area contributed by atoms with Crippen LogP contribution >= 0.6 is 15.9 Å². The summed E-state index contributed by atoms with van der Waals surface area (Å²) in [6.45, 7) is 3.47. The monoisotopic (exact) mass is 679 g/mol. The fourth-order valence-corrected chi connectivity index (χ4v) is 6.40. The SMILES string of the molecule is CCCNC(=O)[C@H](Cc1ccccc1)N(Cc1ccc(Br)cc1)C(=O)CN(c1ccccc1F)S(=O)(=O)c1ccc(C)cc1. The Morgan fingerprint density at radius 1 is 0.864 bits per heavy atom. The van der Waals surface area contributed by atoms with Crippen LogP contribution in [0.5, 0.6) is 0 Å². The van der Waals surface area contributed by atoms with E-state index < -0.39 is 34.3 Å². The van der Waals surface area contributed by atoms with Crippen LogP contribution in [0.25, 0.3) is 0 Å². The number of benzene rings is 4. The zero-order valence-corrected chi connectivity index (χ0v) is 27.0. The Morgan fingerprint density at radius 2 is 1.50 bits per heavy atom.